The second kappa shape index (κ2) is 6.30. The van der Waals surface area contributed by atoms with Crippen LogP contribution in [0.5, 0.6) is 0 Å². The zero-order valence-electron chi connectivity index (χ0n) is 12.3. The second-order valence-corrected chi connectivity index (χ2v) is 7.60. The predicted molar refractivity (Wildman–Crippen MR) is 84.1 cm³/mol. The van der Waals surface area contributed by atoms with Gasteiger partial charge in [-0.3, -0.25) is 4.79 Å². The minimum atomic E-state index is -3.04. The molecule has 0 bridgehead atoms. The number of benzene rings is 1. The molecular formula is C15H20N2O3S. The molecule has 2 aromatic rings. The summed E-state index contributed by atoms with van der Waals surface area (Å²) in [6.45, 7) is 3.78. The van der Waals surface area contributed by atoms with Crippen LogP contribution in [-0.2, 0) is 21.1 Å². The number of aromatic nitrogens is 1. The third-order valence-corrected chi connectivity index (χ3v) is 5.15. The summed E-state index contributed by atoms with van der Waals surface area (Å²) >= 11 is 0. The van der Waals surface area contributed by atoms with Crippen molar-refractivity contribution in [3.05, 3.63) is 35.5 Å². The number of aromatic amines is 1. The van der Waals surface area contributed by atoms with Gasteiger partial charge in [0.05, 0.1) is 12.2 Å². The molecule has 2 N–H and O–H groups in total. The van der Waals surface area contributed by atoms with Gasteiger partial charge < -0.3 is 10.3 Å². The summed E-state index contributed by atoms with van der Waals surface area (Å²) in [6.07, 6.45) is 2.07. The SMILES string of the molecule is CCS(=O)(=O)CCNC(=O)Cc1c[nH]c2cc(C)ccc12. The molecule has 1 aromatic heterocycles. The molecule has 0 aliphatic rings. The first-order chi connectivity index (χ1) is 9.91. The van der Waals surface area contributed by atoms with Gasteiger partial charge in [-0.15, -0.1) is 0 Å². The number of carbonyl (C=O) groups is 1. The molecule has 0 atom stereocenters. The van der Waals surface area contributed by atoms with E-state index in [9.17, 15) is 13.2 Å². The molecule has 0 unspecified atom stereocenters. The summed E-state index contributed by atoms with van der Waals surface area (Å²) in [7, 11) is -3.04. The fraction of sp³-hybridized carbons (Fsp3) is 0.400. The number of amides is 1. The van der Waals surface area contributed by atoms with Crippen LogP contribution in [-0.4, -0.2) is 37.4 Å². The van der Waals surface area contributed by atoms with Crippen molar-refractivity contribution < 1.29 is 13.2 Å². The average molecular weight is 308 g/mol. The van der Waals surface area contributed by atoms with Gasteiger partial charge in [0.15, 0.2) is 9.84 Å². The van der Waals surface area contributed by atoms with Crippen molar-refractivity contribution >= 4 is 26.6 Å². The number of nitrogens with one attached hydrogen (secondary N) is 2. The van der Waals surface area contributed by atoms with Crippen LogP contribution in [0.15, 0.2) is 24.4 Å². The van der Waals surface area contributed by atoms with Crippen molar-refractivity contribution in [3.63, 3.8) is 0 Å². The summed E-state index contributed by atoms with van der Waals surface area (Å²) in [5, 5.41) is 3.68. The van der Waals surface area contributed by atoms with E-state index in [-0.39, 0.29) is 30.4 Å². The van der Waals surface area contributed by atoms with E-state index in [1.54, 1.807) is 6.92 Å². The Kier molecular flexibility index (Phi) is 4.67. The topological polar surface area (TPSA) is 79.0 Å². The van der Waals surface area contributed by atoms with Crippen LogP contribution in [0.1, 0.15) is 18.1 Å². The number of fused-ring (bicyclic) bond motifs is 1. The number of H-pyrrole nitrogens is 1. The monoisotopic (exact) mass is 308 g/mol. The summed E-state index contributed by atoms with van der Waals surface area (Å²) in [5.41, 5.74) is 3.08. The zero-order valence-corrected chi connectivity index (χ0v) is 13.1. The minimum Gasteiger partial charge on any atom is -0.361 e. The average Bonchev–Trinajstić information content (AvgIpc) is 2.80. The molecule has 0 aliphatic heterocycles. The van der Waals surface area contributed by atoms with Crippen molar-refractivity contribution in [1.82, 2.24) is 10.3 Å². The van der Waals surface area contributed by atoms with Gasteiger partial charge >= 0.3 is 0 Å². The third-order valence-electron chi connectivity index (χ3n) is 3.45. The summed E-state index contributed by atoms with van der Waals surface area (Å²) < 4.78 is 22.7. The van der Waals surface area contributed by atoms with Crippen LogP contribution in [0.25, 0.3) is 10.9 Å². The molecule has 1 aromatic carbocycles. The lowest BCUT2D eigenvalue weighted by molar-refractivity contribution is -0.120. The Bertz CT molecular complexity index is 747. The van der Waals surface area contributed by atoms with Gasteiger partial charge in [-0.05, 0) is 24.1 Å². The van der Waals surface area contributed by atoms with Gasteiger partial charge in [-0.1, -0.05) is 19.1 Å². The first kappa shape index (κ1) is 15.6. The van der Waals surface area contributed by atoms with Gasteiger partial charge in [0.2, 0.25) is 5.91 Å². The Morgan fingerprint density at radius 2 is 2.10 bits per heavy atom. The van der Waals surface area contributed by atoms with Gasteiger partial charge in [0, 0.05) is 29.4 Å². The largest absolute Gasteiger partial charge is 0.361 e. The van der Waals surface area contributed by atoms with E-state index in [1.165, 1.54) is 0 Å². The molecule has 1 amide bonds. The van der Waals surface area contributed by atoms with Crippen LogP contribution in [0, 0.1) is 6.92 Å². The van der Waals surface area contributed by atoms with E-state index < -0.39 is 9.84 Å². The first-order valence-corrected chi connectivity index (χ1v) is 8.77. The van der Waals surface area contributed by atoms with Gasteiger partial charge in [-0.2, -0.15) is 0 Å². The minimum absolute atomic E-state index is 0.0116. The molecular weight excluding hydrogens is 288 g/mol. The number of hydrogen-bond acceptors (Lipinski definition) is 3. The molecule has 6 heteroatoms. The summed E-state index contributed by atoms with van der Waals surface area (Å²) in [4.78, 5) is 15.0. The van der Waals surface area contributed by atoms with Crippen molar-refractivity contribution in [2.75, 3.05) is 18.1 Å². The Morgan fingerprint density at radius 1 is 1.33 bits per heavy atom. The maximum absolute atomic E-state index is 11.9. The molecule has 0 saturated heterocycles. The maximum atomic E-state index is 11.9. The summed E-state index contributed by atoms with van der Waals surface area (Å²) in [5.74, 6) is -0.0738. The van der Waals surface area contributed by atoms with E-state index in [0.717, 1.165) is 22.0 Å². The molecule has 21 heavy (non-hydrogen) atoms. The standard InChI is InChI=1S/C15H20N2O3S/c1-3-21(19,20)7-6-16-15(18)9-12-10-17-14-8-11(2)4-5-13(12)14/h4-5,8,10,17H,3,6-7,9H2,1-2H3,(H,16,18). The highest BCUT2D eigenvalue weighted by atomic mass is 32.2. The normalized spacial score (nSPS) is 11.7. The fourth-order valence-corrected chi connectivity index (χ4v) is 2.87. The molecule has 0 saturated carbocycles. The molecule has 2 rings (SSSR count). The summed E-state index contributed by atoms with van der Waals surface area (Å²) in [6, 6.07) is 6.03. The van der Waals surface area contributed by atoms with E-state index in [0.29, 0.717) is 0 Å². The van der Waals surface area contributed by atoms with Crippen molar-refractivity contribution in [2.45, 2.75) is 20.3 Å². The number of hydrogen-bond donors (Lipinski definition) is 2. The lowest BCUT2D eigenvalue weighted by Gasteiger charge is -2.05. The molecule has 0 radical (unpaired) electrons. The molecule has 114 valence electrons. The molecule has 0 aliphatic carbocycles. The number of carbonyl (C=O) groups excluding carboxylic acids is 1. The van der Waals surface area contributed by atoms with Gasteiger partial charge in [0.1, 0.15) is 0 Å². The highest BCUT2D eigenvalue weighted by molar-refractivity contribution is 7.91. The van der Waals surface area contributed by atoms with Gasteiger partial charge in [-0.25, -0.2) is 8.42 Å². The highest BCUT2D eigenvalue weighted by Gasteiger charge is 2.11. The Hall–Kier alpha value is -1.82. The first-order valence-electron chi connectivity index (χ1n) is 6.95. The number of sulfone groups is 1. The van der Waals surface area contributed by atoms with Crippen LogP contribution >= 0.6 is 0 Å². The number of aryl methyl sites for hydroxylation is 1. The predicted octanol–water partition coefficient (Wildman–Crippen LogP) is 1.57. The van der Waals surface area contributed by atoms with Crippen LogP contribution in [0.4, 0.5) is 0 Å². The Labute approximate surface area is 124 Å². The van der Waals surface area contributed by atoms with Crippen molar-refractivity contribution in [1.29, 1.82) is 0 Å². The van der Waals surface area contributed by atoms with E-state index in [2.05, 4.69) is 10.3 Å². The molecule has 1 heterocycles. The molecule has 5 nitrogen and oxygen atoms in total. The smallest absolute Gasteiger partial charge is 0.224 e. The van der Waals surface area contributed by atoms with E-state index in [1.807, 2.05) is 31.3 Å². The zero-order chi connectivity index (χ0) is 15.5. The van der Waals surface area contributed by atoms with Crippen LogP contribution in [0.2, 0.25) is 0 Å². The van der Waals surface area contributed by atoms with E-state index >= 15 is 0 Å². The van der Waals surface area contributed by atoms with Crippen LogP contribution < -0.4 is 5.32 Å². The second-order valence-electron chi connectivity index (χ2n) is 5.13. The lowest BCUT2D eigenvalue weighted by Crippen LogP contribution is -2.30. The lowest BCUT2D eigenvalue weighted by atomic mass is 10.1. The maximum Gasteiger partial charge on any atom is 0.224 e. The third kappa shape index (κ3) is 4.07. The van der Waals surface area contributed by atoms with Crippen LogP contribution in [0.3, 0.4) is 0 Å². The fourth-order valence-electron chi connectivity index (χ4n) is 2.17. The van der Waals surface area contributed by atoms with Gasteiger partial charge in [0.25, 0.3) is 0 Å². The number of rotatable bonds is 6. The quantitative estimate of drug-likeness (QED) is 0.850. The van der Waals surface area contributed by atoms with Crippen molar-refractivity contribution in [2.24, 2.45) is 0 Å². The highest BCUT2D eigenvalue weighted by Crippen LogP contribution is 2.19. The molecule has 0 fully saturated rings. The molecule has 0 spiro atoms. The van der Waals surface area contributed by atoms with Crippen molar-refractivity contribution in [3.8, 4) is 0 Å². The van der Waals surface area contributed by atoms with E-state index in [4.69, 9.17) is 0 Å². The Balaban J connectivity index is 1.96. The Morgan fingerprint density at radius 3 is 2.81 bits per heavy atom.